The SMILES string of the molecule is Nc1cc(=O)[nH]c(CCNC(=O)c2ccc3c(c2)OCCO3)n1. The van der Waals surface area contributed by atoms with Crippen LogP contribution in [0.3, 0.4) is 0 Å². The quantitative estimate of drug-likeness (QED) is 0.736. The third-order valence-electron chi connectivity index (χ3n) is 3.26. The van der Waals surface area contributed by atoms with Crippen molar-refractivity contribution in [2.24, 2.45) is 0 Å². The second kappa shape index (κ2) is 6.39. The predicted molar refractivity (Wildman–Crippen MR) is 82.7 cm³/mol. The van der Waals surface area contributed by atoms with E-state index in [1.807, 2.05) is 0 Å². The zero-order valence-electron chi connectivity index (χ0n) is 12.3. The van der Waals surface area contributed by atoms with Gasteiger partial charge in [0.2, 0.25) is 0 Å². The van der Waals surface area contributed by atoms with E-state index in [2.05, 4.69) is 15.3 Å². The van der Waals surface area contributed by atoms with E-state index < -0.39 is 0 Å². The van der Waals surface area contributed by atoms with Crippen LogP contribution < -0.4 is 26.1 Å². The standard InChI is InChI=1S/C15H16N4O4/c16-12-8-14(20)19-13(18-12)3-4-17-15(21)9-1-2-10-11(7-9)23-6-5-22-10/h1-2,7-8H,3-6H2,(H,17,21)(H3,16,18,19,20). The molecule has 0 unspecified atom stereocenters. The molecule has 23 heavy (non-hydrogen) atoms. The maximum atomic E-state index is 12.1. The van der Waals surface area contributed by atoms with Crippen LogP contribution in [0.15, 0.2) is 29.1 Å². The normalized spacial score (nSPS) is 12.7. The van der Waals surface area contributed by atoms with Crippen molar-refractivity contribution in [3.63, 3.8) is 0 Å². The Morgan fingerprint density at radius 3 is 2.83 bits per heavy atom. The lowest BCUT2D eigenvalue weighted by atomic mass is 10.2. The first-order chi connectivity index (χ1) is 11.1. The molecular weight excluding hydrogens is 300 g/mol. The van der Waals surface area contributed by atoms with Crippen LogP contribution in [0, 0.1) is 0 Å². The zero-order valence-corrected chi connectivity index (χ0v) is 12.3. The van der Waals surface area contributed by atoms with Crippen molar-refractivity contribution in [3.8, 4) is 11.5 Å². The summed E-state index contributed by atoms with van der Waals surface area (Å²) in [5, 5.41) is 2.76. The van der Waals surface area contributed by atoms with Gasteiger partial charge in [-0.15, -0.1) is 0 Å². The molecule has 1 amide bonds. The number of hydrogen-bond acceptors (Lipinski definition) is 6. The van der Waals surface area contributed by atoms with Gasteiger partial charge in [-0.1, -0.05) is 0 Å². The van der Waals surface area contributed by atoms with Crippen LogP contribution in [0.1, 0.15) is 16.2 Å². The molecule has 8 nitrogen and oxygen atoms in total. The molecule has 3 rings (SSSR count). The number of rotatable bonds is 4. The van der Waals surface area contributed by atoms with Gasteiger partial charge in [-0.05, 0) is 18.2 Å². The fraction of sp³-hybridized carbons (Fsp3) is 0.267. The maximum Gasteiger partial charge on any atom is 0.252 e. The summed E-state index contributed by atoms with van der Waals surface area (Å²) >= 11 is 0. The van der Waals surface area contributed by atoms with Gasteiger partial charge < -0.3 is 25.5 Å². The predicted octanol–water partition coefficient (Wildman–Crippen LogP) is 0.0958. The van der Waals surface area contributed by atoms with Crippen molar-refractivity contribution < 1.29 is 14.3 Å². The number of anilines is 1. The number of nitrogens with two attached hydrogens (primary N) is 1. The monoisotopic (exact) mass is 316 g/mol. The molecule has 4 N–H and O–H groups in total. The molecular formula is C15H16N4O4. The van der Waals surface area contributed by atoms with Crippen LogP contribution in [0.2, 0.25) is 0 Å². The topological polar surface area (TPSA) is 119 Å². The molecule has 120 valence electrons. The summed E-state index contributed by atoms with van der Waals surface area (Å²) in [5.41, 5.74) is 5.66. The number of nitrogen functional groups attached to an aromatic ring is 1. The zero-order chi connectivity index (χ0) is 16.2. The van der Waals surface area contributed by atoms with Crippen LogP contribution in [0.4, 0.5) is 5.82 Å². The van der Waals surface area contributed by atoms with E-state index in [0.717, 1.165) is 0 Å². The molecule has 1 aliphatic heterocycles. The van der Waals surface area contributed by atoms with Gasteiger partial charge in [-0.25, -0.2) is 4.98 Å². The van der Waals surface area contributed by atoms with Gasteiger partial charge >= 0.3 is 0 Å². The molecule has 1 aromatic heterocycles. The molecule has 0 bridgehead atoms. The Labute approximate surface area is 131 Å². The van der Waals surface area contributed by atoms with E-state index in [1.54, 1.807) is 18.2 Å². The largest absolute Gasteiger partial charge is 0.486 e. The minimum absolute atomic E-state index is 0.155. The Morgan fingerprint density at radius 1 is 1.26 bits per heavy atom. The van der Waals surface area contributed by atoms with Crippen molar-refractivity contribution in [1.29, 1.82) is 0 Å². The van der Waals surface area contributed by atoms with Crippen molar-refractivity contribution in [2.75, 3.05) is 25.5 Å². The number of benzene rings is 1. The molecule has 8 heteroatoms. The Morgan fingerprint density at radius 2 is 2.04 bits per heavy atom. The summed E-state index contributed by atoms with van der Waals surface area (Å²) in [6.07, 6.45) is 0.372. The summed E-state index contributed by atoms with van der Waals surface area (Å²) in [6.45, 7) is 1.29. The van der Waals surface area contributed by atoms with Crippen molar-refractivity contribution in [1.82, 2.24) is 15.3 Å². The Hall–Kier alpha value is -3.03. The third-order valence-corrected chi connectivity index (χ3v) is 3.26. The van der Waals surface area contributed by atoms with Crippen LogP contribution in [-0.4, -0.2) is 35.6 Å². The highest BCUT2D eigenvalue weighted by Crippen LogP contribution is 2.30. The summed E-state index contributed by atoms with van der Waals surface area (Å²) in [4.78, 5) is 30.0. The van der Waals surface area contributed by atoms with Crippen molar-refractivity contribution in [2.45, 2.75) is 6.42 Å². The molecule has 0 spiro atoms. The molecule has 0 saturated heterocycles. The smallest absolute Gasteiger partial charge is 0.252 e. The summed E-state index contributed by atoms with van der Waals surface area (Å²) < 4.78 is 10.9. The number of aromatic nitrogens is 2. The summed E-state index contributed by atoms with van der Waals surface area (Å²) in [7, 11) is 0. The van der Waals surface area contributed by atoms with Gasteiger partial charge in [0.15, 0.2) is 11.5 Å². The number of H-pyrrole nitrogens is 1. The van der Waals surface area contributed by atoms with Crippen molar-refractivity contribution >= 4 is 11.7 Å². The molecule has 0 aliphatic carbocycles. The first-order valence-electron chi connectivity index (χ1n) is 7.15. The van der Waals surface area contributed by atoms with E-state index in [9.17, 15) is 9.59 Å². The van der Waals surface area contributed by atoms with Crippen LogP contribution >= 0.6 is 0 Å². The molecule has 2 heterocycles. The first-order valence-corrected chi connectivity index (χ1v) is 7.15. The van der Waals surface area contributed by atoms with E-state index in [-0.39, 0.29) is 17.3 Å². The van der Waals surface area contributed by atoms with Gasteiger partial charge in [0, 0.05) is 24.6 Å². The molecule has 0 fully saturated rings. The number of carbonyl (C=O) groups excluding carboxylic acids is 1. The number of fused-ring (bicyclic) bond motifs is 1. The van der Waals surface area contributed by atoms with Gasteiger partial charge in [0.1, 0.15) is 24.9 Å². The van der Waals surface area contributed by atoms with Gasteiger partial charge in [-0.3, -0.25) is 9.59 Å². The summed E-state index contributed by atoms with van der Waals surface area (Å²) in [6, 6.07) is 6.23. The van der Waals surface area contributed by atoms with E-state index in [1.165, 1.54) is 6.07 Å². The lowest BCUT2D eigenvalue weighted by molar-refractivity contribution is 0.0952. The minimum atomic E-state index is -0.314. The molecule has 1 aromatic carbocycles. The van der Waals surface area contributed by atoms with Crippen LogP contribution in [0.5, 0.6) is 11.5 Å². The van der Waals surface area contributed by atoms with Crippen LogP contribution in [-0.2, 0) is 6.42 Å². The second-order valence-electron chi connectivity index (χ2n) is 4.98. The average Bonchev–Trinajstić information content (AvgIpc) is 2.53. The lowest BCUT2D eigenvalue weighted by Crippen LogP contribution is -2.27. The van der Waals surface area contributed by atoms with E-state index in [0.29, 0.717) is 49.1 Å². The Bertz CT molecular complexity index is 787. The molecule has 1 aliphatic rings. The first kappa shape index (κ1) is 14.9. The third kappa shape index (κ3) is 3.60. The van der Waals surface area contributed by atoms with Gasteiger partial charge in [-0.2, -0.15) is 0 Å². The molecule has 2 aromatic rings. The Balaban J connectivity index is 1.60. The maximum absolute atomic E-state index is 12.1. The van der Waals surface area contributed by atoms with Crippen molar-refractivity contribution in [3.05, 3.63) is 46.0 Å². The number of ether oxygens (including phenoxy) is 2. The number of hydrogen-bond donors (Lipinski definition) is 3. The highest BCUT2D eigenvalue weighted by atomic mass is 16.6. The number of aromatic amines is 1. The minimum Gasteiger partial charge on any atom is -0.486 e. The Kier molecular flexibility index (Phi) is 4.13. The number of carbonyl (C=O) groups is 1. The highest BCUT2D eigenvalue weighted by molar-refractivity contribution is 5.94. The molecule has 0 atom stereocenters. The number of nitrogens with one attached hydrogen (secondary N) is 2. The number of nitrogens with zero attached hydrogens (tertiary/aromatic N) is 1. The highest BCUT2D eigenvalue weighted by Gasteiger charge is 2.14. The van der Waals surface area contributed by atoms with Gasteiger partial charge in [0.05, 0.1) is 0 Å². The molecule has 0 radical (unpaired) electrons. The fourth-order valence-electron chi connectivity index (χ4n) is 2.23. The van der Waals surface area contributed by atoms with Gasteiger partial charge in [0.25, 0.3) is 11.5 Å². The lowest BCUT2D eigenvalue weighted by Gasteiger charge is -2.18. The average molecular weight is 316 g/mol. The van der Waals surface area contributed by atoms with Crippen LogP contribution in [0.25, 0.3) is 0 Å². The van der Waals surface area contributed by atoms with E-state index in [4.69, 9.17) is 15.2 Å². The molecule has 0 saturated carbocycles. The summed E-state index contributed by atoms with van der Waals surface area (Å²) in [5.74, 6) is 1.53. The second-order valence-corrected chi connectivity index (χ2v) is 4.98. The van der Waals surface area contributed by atoms with E-state index >= 15 is 0 Å². The number of amides is 1. The fourth-order valence-corrected chi connectivity index (χ4v) is 2.23.